The van der Waals surface area contributed by atoms with E-state index in [1.807, 2.05) is 18.2 Å². The number of benzene rings is 1. The normalized spacial score (nSPS) is 23.2. The topological polar surface area (TPSA) is 26.3 Å². The summed E-state index contributed by atoms with van der Waals surface area (Å²) in [6, 6.07) is 10.3. The molecule has 1 heterocycles. The van der Waals surface area contributed by atoms with Crippen LogP contribution >= 0.6 is 0 Å². The van der Waals surface area contributed by atoms with Crippen molar-refractivity contribution in [1.29, 1.82) is 0 Å². The molecule has 1 aliphatic heterocycles. The van der Waals surface area contributed by atoms with Crippen molar-refractivity contribution in [3.63, 3.8) is 0 Å². The zero-order valence-electron chi connectivity index (χ0n) is 15.2. The van der Waals surface area contributed by atoms with Gasteiger partial charge in [0.1, 0.15) is 6.10 Å². The Morgan fingerprint density at radius 2 is 1.17 bits per heavy atom. The highest BCUT2D eigenvalue weighted by atomic mass is 16.5. The van der Waals surface area contributed by atoms with Gasteiger partial charge >= 0.3 is 5.97 Å². The van der Waals surface area contributed by atoms with Crippen LogP contribution in [0.2, 0.25) is 0 Å². The van der Waals surface area contributed by atoms with Crippen molar-refractivity contribution in [2.45, 2.75) is 96.0 Å². The van der Waals surface area contributed by atoms with Gasteiger partial charge in [0.2, 0.25) is 0 Å². The van der Waals surface area contributed by atoms with E-state index >= 15 is 0 Å². The minimum absolute atomic E-state index is 0.0202. The van der Waals surface area contributed by atoms with Crippen molar-refractivity contribution in [1.82, 2.24) is 0 Å². The van der Waals surface area contributed by atoms with Gasteiger partial charge in [0, 0.05) is 6.42 Å². The molecule has 2 rings (SSSR count). The van der Waals surface area contributed by atoms with Gasteiger partial charge in [-0.2, -0.15) is 0 Å². The third kappa shape index (κ3) is 7.99. The number of cyclic esters (lactones) is 1. The Balaban J connectivity index is 1.87. The molecule has 1 unspecified atom stereocenters. The smallest absolute Gasteiger partial charge is 0.306 e. The summed E-state index contributed by atoms with van der Waals surface area (Å²) in [4.78, 5) is 12.2. The molecule has 1 atom stereocenters. The van der Waals surface area contributed by atoms with Gasteiger partial charge in [-0.05, 0) is 24.8 Å². The quantitative estimate of drug-likeness (QED) is 0.533. The average Bonchev–Trinajstić information content (AvgIpc) is 2.61. The first-order chi connectivity index (χ1) is 11.9. The maximum atomic E-state index is 12.2. The lowest BCUT2D eigenvalue weighted by Crippen LogP contribution is -2.11. The summed E-state index contributed by atoms with van der Waals surface area (Å²) < 4.78 is 5.82. The molecule has 1 fully saturated rings. The third-order valence-corrected chi connectivity index (χ3v) is 5.04. The molecule has 1 aromatic rings. The highest BCUT2D eigenvalue weighted by molar-refractivity contribution is 5.69. The fraction of sp³-hybridized carbons (Fsp3) is 0.682. The second-order valence-corrected chi connectivity index (χ2v) is 7.17. The average molecular weight is 331 g/mol. The highest BCUT2D eigenvalue weighted by Gasteiger charge is 2.16. The lowest BCUT2D eigenvalue weighted by molar-refractivity contribution is -0.150. The van der Waals surface area contributed by atoms with Gasteiger partial charge in [0.05, 0.1) is 0 Å². The minimum atomic E-state index is -0.0608. The lowest BCUT2D eigenvalue weighted by atomic mass is 10.0. The molecule has 2 nitrogen and oxygen atoms in total. The molecule has 1 saturated heterocycles. The predicted molar refractivity (Wildman–Crippen MR) is 99.9 cm³/mol. The van der Waals surface area contributed by atoms with Crippen LogP contribution in [-0.4, -0.2) is 5.97 Å². The van der Waals surface area contributed by atoms with E-state index in [0.29, 0.717) is 6.42 Å². The van der Waals surface area contributed by atoms with Crippen molar-refractivity contribution in [3.8, 4) is 0 Å². The monoisotopic (exact) mass is 330 g/mol. The fourth-order valence-electron chi connectivity index (χ4n) is 3.55. The molecule has 0 aliphatic carbocycles. The summed E-state index contributed by atoms with van der Waals surface area (Å²) in [6.07, 6.45) is 16.8. The van der Waals surface area contributed by atoms with Crippen molar-refractivity contribution in [2.24, 2.45) is 0 Å². The number of rotatable bonds is 1. The summed E-state index contributed by atoms with van der Waals surface area (Å²) in [5, 5.41) is 0. The molecule has 0 radical (unpaired) electrons. The molecule has 1 aliphatic rings. The lowest BCUT2D eigenvalue weighted by Gasteiger charge is -2.18. The number of esters is 1. The van der Waals surface area contributed by atoms with Crippen LogP contribution in [0.15, 0.2) is 30.3 Å². The zero-order chi connectivity index (χ0) is 16.9. The number of carbonyl (C=O) groups excluding carboxylic acids is 1. The second kappa shape index (κ2) is 12.1. The van der Waals surface area contributed by atoms with E-state index in [0.717, 1.165) is 31.2 Å². The highest BCUT2D eigenvalue weighted by Crippen LogP contribution is 2.25. The summed E-state index contributed by atoms with van der Waals surface area (Å²) in [7, 11) is 0. The third-order valence-electron chi connectivity index (χ3n) is 5.04. The molecule has 0 bridgehead atoms. The zero-order valence-corrected chi connectivity index (χ0v) is 15.2. The first-order valence-electron chi connectivity index (χ1n) is 10.1. The maximum absolute atomic E-state index is 12.2. The van der Waals surface area contributed by atoms with Gasteiger partial charge in [-0.25, -0.2) is 0 Å². The van der Waals surface area contributed by atoms with Crippen molar-refractivity contribution in [3.05, 3.63) is 35.9 Å². The van der Waals surface area contributed by atoms with Crippen LogP contribution in [0.3, 0.4) is 0 Å². The fourth-order valence-corrected chi connectivity index (χ4v) is 3.55. The Kier molecular flexibility index (Phi) is 9.60. The van der Waals surface area contributed by atoms with Gasteiger partial charge in [-0.3, -0.25) is 4.79 Å². The van der Waals surface area contributed by atoms with E-state index in [4.69, 9.17) is 4.74 Å². The largest absolute Gasteiger partial charge is 0.457 e. The van der Waals surface area contributed by atoms with Crippen LogP contribution in [-0.2, 0) is 9.53 Å². The van der Waals surface area contributed by atoms with E-state index < -0.39 is 0 Å². The number of ether oxygens (including phenoxy) is 1. The van der Waals surface area contributed by atoms with E-state index in [2.05, 4.69) is 12.1 Å². The van der Waals surface area contributed by atoms with Crippen LogP contribution in [0.5, 0.6) is 0 Å². The molecule has 0 spiro atoms. The Bertz CT molecular complexity index is 441. The van der Waals surface area contributed by atoms with E-state index in [9.17, 15) is 4.79 Å². The number of hydrogen-bond acceptors (Lipinski definition) is 2. The van der Waals surface area contributed by atoms with Crippen molar-refractivity contribution in [2.75, 3.05) is 0 Å². The molecular formula is C22H34O2. The van der Waals surface area contributed by atoms with Crippen molar-refractivity contribution < 1.29 is 9.53 Å². The van der Waals surface area contributed by atoms with Gasteiger partial charge in [-0.15, -0.1) is 0 Å². The molecule has 2 heteroatoms. The molecule has 0 amide bonds. The first-order valence-corrected chi connectivity index (χ1v) is 10.1. The molecule has 24 heavy (non-hydrogen) atoms. The number of carbonyl (C=O) groups is 1. The van der Waals surface area contributed by atoms with Gasteiger partial charge < -0.3 is 4.74 Å². The molecular weight excluding hydrogens is 296 g/mol. The Hall–Kier alpha value is -1.31. The second-order valence-electron chi connectivity index (χ2n) is 7.17. The SMILES string of the molecule is O=C1CCCCCCCCCCCCCCC(c2ccccc2)O1. The summed E-state index contributed by atoms with van der Waals surface area (Å²) in [5.74, 6) is -0.0202. The Labute approximate surface area is 148 Å². The predicted octanol–water partition coefficient (Wildman–Crippen LogP) is 6.75. The Morgan fingerprint density at radius 1 is 0.667 bits per heavy atom. The number of hydrogen-bond donors (Lipinski definition) is 0. The van der Waals surface area contributed by atoms with Crippen LogP contribution < -0.4 is 0 Å². The molecule has 0 aromatic heterocycles. The molecule has 0 N–H and O–H groups in total. The summed E-state index contributed by atoms with van der Waals surface area (Å²) in [6.45, 7) is 0. The van der Waals surface area contributed by atoms with Gasteiger partial charge in [0.15, 0.2) is 0 Å². The van der Waals surface area contributed by atoms with Gasteiger partial charge in [-0.1, -0.05) is 94.5 Å². The van der Waals surface area contributed by atoms with Crippen LogP contribution in [0.4, 0.5) is 0 Å². The minimum Gasteiger partial charge on any atom is -0.457 e. The van der Waals surface area contributed by atoms with Gasteiger partial charge in [0.25, 0.3) is 0 Å². The van der Waals surface area contributed by atoms with Crippen LogP contribution in [0.1, 0.15) is 102 Å². The van der Waals surface area contributed by atoms with Crippen LogP contribution in [0, 0.1) is 0 Å². The van der Waals surface area contributed by atoms with E-state index in [1.165, 1.54) is 57.8 Å². The standard InChI is InChI=1S/C22H34O2/c23-22-19-15-10-8-6-4-2-1-3-5-7-9-14-18-21(24-22)20-16-12-11-13-17-20/h11-13,16-17,21H,1-10,14-15,18-19H2. The Morgan fingerprint density at radius 3 is 1.75 bits per heavy atom. The summed E-state index contributed by atoms with van der Waals surface area (Å²) >= 11 is 0. The first kappa shape index (κ1) is 19.0. The summed E-state index contributed by atoms with van der Waals surface area (Å²) in [5.41, 5.74) is 1.14. The molecule has 1 aromatic carbocycles. The van der Waals surface area contributed by atoms with Crippen molar-refractivity contribution >= 4 is 5.97 Å². The molecule has 134 valence electrons. The van der Waals surface area contributed by atoms with E-state index in [1.54, 1.807) is 0 Å². The maximum Gasteiger partial charge on any atom is 0.306 e. The van der Waals surface area contributed by atoms with E-state index in [-0.39, 0.29) is 12.1 Å². The molecule has 0 saturated carbocycles. The van der Waals surface area contributed by atoms with Crippen LogP contribution in [0.25, 0.3) is 0 Å².